The number of rotatable bonds is 7. The van der Waals surface area contributed by atoms with Crippen molar-refractivity contribution < 1.29 is 4.79 Å². The Hall–Kier alpha value is -1.22. The normalized spacial score (nSPS) is 12.2. The van der Waals surface area contributed by atoms with Gasteiger partial charge in [-0.2, -0.15) is 0 Å². The van der Waals surface area contributed by atoms with Crippen molar-refractivity contribution >= 4 is 23.2 Å². The van der Waals surface area contributed by atoms with Crippen molar-refractivity contribution in [3.05, 3.63) is 28.8 Å². The van der Waals surface area contributed by atoms with E-state index in [2.05, 4.69) is 19.2 Å². The maximum atomic E-state index is 12.3. The first kappa shape index (κ1) is 15.8. The molecule has 3 nitrogen and oxygen atoms in total. The summed E-state index contributed by atoms with van der Waals surface area (Å²) < 4.78 is 0. The molecule has 0 aliphatic carbocycles. The van der Waals surface area contributed by atoms with E-state index in [0.29, 0.717) is 16.3 Å². The second-order valence-corrected chi connectivity index (χ2v) is 5.21. The van der Waals surface area contributed by atoms with Crippen LogP contribution < -0.4 is 11.1 Å². The molecule has 19 heavy (non-hydrogen) atoms. The van der Waals surface area contributed by atoms with E-state index in [0.717, 1.165) is 32.1 Å². The van der Waals surface area contributed by atoms with E-state index < -0.39 is 0 Å². The standard InChI is InChI=1S/C15H23ClN2O/c1-3-5-8-11(7-4-2)18-15(19)14-12(16)9-6-10-13(14)17/h6,9-11H,3-5,7-8,17H2,1-2H3,(H,18,19). The van der Waals surface area contributed by atoms with Gasteiger partial charge in [-0.25, -0.2) is 0 Å². The van der Waals surface area contributed by atoms with Crippen LogP contribution >= 0.6 is 11.6 Å². The van der Waals surface area contributed by atoms with Crippen LogP contribution in [-0.2, 0) is 0 Å². The molecule has 1 unspecified atom stereocenters. The smallest absolute Gasteiger partial charge is 0.255 e. The highest BCUT2D eigenvalue weighted by Gasteiger charge is 2.17. The van der Waals surface area contributed by atoms with Crippen LogP contribution in [0.3, 0.4) is 0 Å². The predicted octanol–water partition coefficient (Wildman–Crippen LogP) is 4.01. The number of unbranched alkanes of at least 4 members (excludes halogenated alkanes) is 1. The van der Waals surface area contributed by atoms with Crippen molar-refractivity contribution in [2.45, 2.75) is 52.0 Å². The summed E-state index contributed by atoms with van der Waals surface area (Å²) in [6.45, 7) is 4.27. The third-order valence-electron chi connectivity index (χ3n) is 3.15. The summed E-state index contributed by atoms with van der Waals surface area (Å²) in [6.07, 6.45) is 5.27. The molecule has 0 spiro atoms. The maximum absolute atomic E-state index is 12.3. The molecule has 1 aromatic rings. The Kier molecular flexibility index (Phi) is 6.71. The van der Waals surface area contributed by atoms with E-state index >= 15 is 0 Å². The summed E-state index contributed by atoms with van der Waals surface area (Å²) in [5.74, 6) is -0.169. The van der Waals surface area contributed by atoms with Crippen LogP contribution in [0.15, 0.2) is 18.2 Å². The summed E-state index contributed by atoms with van der Waals surface area (Å²) in [7, 11) is 0. The molecule has 3 N–H and O–H groups in total. The predicted molar refractivity (Wildman–Crippen MR) is 81.6 cm³/mol. The summed E-state index contributed by atoms with van der Waals surface area (Å²) in [5, 5.41) is 3.45. The fraction of sp³-hybridized carbons (Fsp3) is 0.533. The Labute approximate surface area is 120 Å². The highest BCUT2D eigenvalue weighted by atomic mass is 35.5. The monoisotopic (exact) mass is 282 g/mol. The first-order valence-electron chi connectivity index (χ1n) is 6.95. The molecule has 0 radical (unpaired) electrons. The van der Waals surface area contributed by atoms with Crippen molar-refractivity contribution in [2.24, 2.45) is 0 Å². The van der Waals surface area contributed by atoms with Crippen LogP contribution in [0.25, 0.3) is 0 Å². The molecule has 106 valence electrons. The number of hydrogen-bond acceptors (Lipinski definition) is 2. The highest BCUT2D eigenvalue weighted by molar-refractivity contribution is 6.34. The summed E-state index contributed by atoms with van der Waals surface area (Å²) in [5.41, 5.74) is 6.64. The molecule has 0 fully saturated rings. The number of anilines is 1. The first-order valence-corrected chi connectivity index (χ1v) is 7.32. The molecule has 0 bridgehead atoms. The number of carbonyl (C=O) groups is 1. The van der Waals surface area contributed by atoms with Crippen molar-refractivity contribution in [3.63, 3.8) is 0 Å². The number of carbonyl (C=O) groups excluding carboxylic acids is 1. The van der Waals surface area contributed by atoms with Gasteiger partial charge in [0.2, 0.25) is 0 Å². The number of halogens is 1. The van der Waals surface area contributed by atoms with Crippen LogP contribution in [-0.4, -0.2) is 11.9 Å². The summed E-state index contributed by atoms with van der Waals surface area (Å²) in [4.78, 5) is 12.3. The molecule has 0 aliphatic heterocycles. The molecule has 0 aromatic heterocycles. The Morgan fingerprint density at radius 1 is 1.32 bits per heavy atom. The first-order chi connectivity index (χ1) is 9.10. The molecule has 0 heterocycles. The van der Waals surface area contributed by atoms with Gasteiger partial charge >= 0.3 is 0 Å². The SMILES string of the molecule is CCCCC(CCC)NC(=O)c1c(N)cccc1Cl. The third kappa shape index (κ3) is 4.75. The zero-order chi connectivity index (χ0) is 14.3. The van der Waals surface area contributed by atoms with Crippen molar-refractivity contribution in [3.8, 4) is 0 Å². The molecule has 1 rings (SSSR count). The number of nitrogens with one attached hydrogen (secondary N) is 1. The van der Waals surface area contributed by atoms with Gasteiger partial charge in [0.05, 0.1) is 10.6 Å². The number of amides is 1. The molecule has 0 saturated carbocycles. The minimum Gasteiger partial charge on any atom is -0.398 e. The third-order valence-corrected chi connectivity index (χ3v) is 3.47. The quantitative estimate of drug-likeness (QED) is 0.743. The van der Waals surface area contributed by atoms with Crippen molar-refractivity contribution in [2.75, 3.05) is 5.73 Å². The number of hydrogen-bond donors (Lipinski definition) is 2. The average Bonchev–Trinajstić information content (AvgIpc) is 2.36. The Morgan fingerprint density at radius 2 is 2.05 bits per heavy atom. The lowest BCUT2D eigenvalue weighted by Crippen LogP contribution is -2.35. The van der Waals surface area contributed by atoms with Gasteiger partial charge < -0.3 is 11.1 Å². The van der Waals surface area contributed by atoms with Crippen molar-refractivity contribution in [1.82, 2.24) is 5.32 Å². The van der Waals surface area contributed by atoms with Crippen molar-refractivity contribution in [1.29, 1.82) is 0 Å². The van der Waals surface area contributed by atoms with Gasteiger partial charge in [-0.1, -0.05) is 50.8 Å². The summed E-state index contributed by atoms with van der Waals surface area (Å²) in [6, 6.07) is 5.33. The Bertz CT molecular complexity index is 400. The second-order valence-electron chi connectivity index (χ2n) is 4.81. The lowest BCUT2D eigenvalue weighted by Gasteiger charge is -2.19. The lowest BCUT2D eigenvalue weighted by atomic mass is 10.0. The van der Waals surface area contributed by atoms with Crippen LogP contribution in [0.5, 0.6) is 0 Å². The van der Waals surface area contributed by atoms with Gasteiger partial charge in [0.25, 0.3) is 5.91 Å². The summed E-state index contributed by atoms with van der Waals surface area (Å²) >= 11 is 6.05. The molecule has 1 aromatic carbocycles. The van der Waals surface area contributed by atoms with E-state index in [9.17, 15) is 4.79 Å². The minimum atomic E-state index is -0.169. The fourth-order valence-electron chi connectivity index (χ4n) is 2.13. The fourth-order valence-corrected chi connectivity index (χ4v) is 2.39. The van der Waals surface area contributed by atoms with Crippen LogP contribution in [0, 0.1) is 0 Å². The topological polar surface area (TPSA) is 55.1 Å². The molecular weight excluding hydrogens is 260 g/mol. The van der Waals surface area contributed by atoms with E-state index in [-0.39, 0.29) is 11.9 Å². The van der Waals surface area contributed by atoms with Crippen LogP contribution in [0.1, 0.15) is 56.3 Å². The van der Waals surface area contributed by atoms with E-state index in [1.165, 1.54) is 0 Å². The number of nitrogens with two attached hydrogens (primary N) is 1. The molecule has 1 atom stereocenters. The Morgan fingerprint density at radius 3 is 2.63 bits per heavy atom. The minimum absolute atomic E-state index is 0.169. The van der Waals surface area contributed by atoms with Gasteiger partial charge in [0.1, 0.15) is 0 Å². The largest absolute Gasteiger partial charge is 0.398 e. The van der Waals surface area contributed by atoms with Crippen LogP contribution in [0.4, 0.5) is 5.69 Å². The average molecular weight is 283 g/mol. The highest BCUT2D eigenvalue weighted by Crippen LogP contribution is 2.22. The lowest BCUT2D eigenvalue weighted by molar-refractivity contribution is 0.0933. The van der Waals surface area contributed by atoms with E-state index in [1.807, 2.05) is 0 Å². The van der Waals surface area contributed by atoms with Gasteiger partial charge in [0.15, 0.2) is 0 Å². The Balaban J connectivity index is 2.75. The van der Waals surface area contributed by atoms with Gasteiger partial charge in [-0.15, -0.1) is 0 Å². The van der Waals surface area contributed by atoms with Gasteiger partial charge in [-0.3, -0.25) is 4.79 Å². The molecule has 0 aliphatic rings. The molecule has 0 saturated heterocycles. The second kappa shape index (κ2) is 8.05. The van der Waals surface area contributed by atoms with E-state index in [1.54, 1.807) is 18.2 Å². The number of benzene rings is 1. The van der Waals surface area contributed by atoms with Gasteiger partial charge in [0, 0.05) is 11.7 Å². The number of nitrogen functional groups attached to an aromatic ring is 1. The zero-order valence-corrected chi connectivity index (χ0v) is 12.5. The van der Waals surface area contributed by atoms with E-state index in [4.69, 9.17) is 17.3 Å². The van der Waals surface area contributed by atoms with Gasteiger partial charge in [-0.05, 0) is 25.0 Å². The molecule has 4 heteroatoms. The van der Waals surface area contributed by atoms with Crippen LogP contribution in [0.2, 0.25) is 5.02 Å². The zero-order valence-electron chi connectivity index (χ0n) is 11.7. The molecule has 1 amide bonds. The maximum Gasteiger partial charge on any atom is 0.255 e. The molecular formula is C15H23ClN2O.